The summed E-state index contributed by atoms with van der Waals surface area (Å²) < 4.78 is 71.4. The van der Waals surface area contributed by atoms with Gasteiger partial charge in [0, 0.05) is 145 Å². The van der Waals surface area contributed by atoms with Crippen molar-refractivity contribution in [3.05, 3.63) is 332 Å². The Hall–Kier alpha value is -13.5. The summed E-state index contributed by atoms with van der Waals surface area (Å²) in [5.41, 5.74) is 12.0. The maximum atomic E-state index is 14.1. The Balaban J connectivity index is 0.000000129. The summed E-state index contributed by atoms with van der Waals surface area (Å²) >= 11 is 0. The van der Waals surface area contributed by atoms with Crippen LogP contribution in [0.15, 0.2) is 208 Å². The van der Waals surface area contributed by atoms with Crippen LogP contribution in [0.3, 0.4) is 0 Å². The predicted octanol–water partition coefficient (Wildman–Crippen LogP) is 13.3. The molecule has 19 rings (SSSR count). The van der Waals surface area contributed by atoms with Crippen LogP contribution in [-0.4, -0.2) is 185 Å². The maximum Gasteiger partial charge on any atom is 0.573 e. The fourth-order valence-electron chi connectivity index (χ4n) is 16.6. The number of carbonyl (C=O) groups excluding carboxylic acids is 6. The Morgan fingerprint density at radius 1 is 0.328 bits per heavy atom. The van der Waals surface area contributed by atoms with Crippen LogP contribution in [0.25, 0.3) is 0 Å². The molecule has 6 aromatic carbocycles. The zero-order chi connectivity index (χ0) is 95.0. The van der Waals surface area contributed by atoms with Gasteiger partial charge >= 0.3 is 6.36 Å². The molecule has 0 saturated heterocycles. The van der Waals surface area contributed by atoms with E-state index in [1.165, 1.54) is 132 Å². The highest BCUT2D eigenvalue weighted by molar-refractivity contribution is 5.98. The number of hydrogen-bond acceptors (Lipinski definition) is 28. The van der Waals surface area contributed by atoms with Gasteiger partial charge in [-0.05, 0) is 185 Å². The molecule has 0 radical (unpaired) electrons. The van der Waals surface area contributed by atoms with Crippen LogP contribution in [0, 0.1) is 26.6 Å². The van der Waals surface area contributed by atoms with Gasteiger partial charge in [0.25, 0.3) is 0 Å². The molecular formula is C102H102F4N12O16. The molecule has 28 nitrogen and oxygen atoms in total. The summed E-state index contributed by atoms with van der Waals surface area (Å²) in [5.74, 6) is 3.73. The molecule has 6 aliphatic carbocycles. The topological polar surface area (TPSA) is 415 Å². The van der Waals surface area contributed by atoms with Crippen molar-refractivity contribution < 1.29 is 95.9 Å². The van der Waals surface area contributed by atoms with Crippen molar-refractivity contribution in [3.8, 4) is 23.0 Å². The molecule has 6 saturated carbocycles. The van der Waals surface area contributed by atoms with Crippen molar-refractivity contribution in [2.24, 2.45) is 0 Å². The average molecular weight is 1830 g/mol. The maximum absolute atomic E-state index is 14.1. The quantitative estimate of drug-likeness (QED) is 0.0168. The van der Waals surface area contributed by atoms with Gasteiger partial charge in [-0.1, -0.05) is 96.6 Å². The Bertz CT molecular complexity index is 6160. The number of aliphatic hydroxyl groups excluding tert-OH is 6. The van der Waals surface area contributed by atoms with Crippen molar-refractivity contribution in [1.29, 1.82) is 0 Å². The van der Waals surface area contributed by atoms with Gasteiger partial charge in [0.2, 0.25) is 6.79 Å². The molecular weight excluding hydrogens is 1730 g/mol. The molecule has 1 aliphatic heterocycles. The van der Waals surface area contributed by atoms with Crippen molar-refractivity contribution in [1.82, 2.24) is 59.8 Å². The summed E-state index contributed by atoms with van der Waals surface area (Å²) in [5, 5.41) is 53.0. The smallest absolute Gasteiger partial charge is 0.497 e. The number of aromatic nitrogens is 12. The zero-order valence-electron chi connectivity index (χ0n) is 74.5. The standard InChI is InChI=1S/C18H20N2O3.C17H15F3N2O3.C17H17FN2O2.C17H16N2O4.C17H18N2O2.C16H16N2O2/c1-12-5-14(7-15(6-12)23-2)18(3-4-18)8-17-19-9-13(10-20-17)16(22)11-21;18-17(19,20)25-13-3-1-2-12(6-13)16(4-5-16)7-15-21-8-11(9-22-15)14(24)10-23;1-11-2-3-14(18)13(6-11)17(4-5-17)7-16-19-8-12(9-20-16)15(22)10-21;20-9-13(21)11-7-18-16(19-8-11)6-17(3-4-17)12-1-2-14-15(5-12)23-10-22-14;1-12-4-2-3-5-14(12)17(6-7-17)8-16-18-9-13(10-19-16)15(21)11-20;19-11-14(20)12-9-17-15(18-10-12)8-16(6-7-16)13-4-2-1-3-5-13/h5-7,9-10,21H,3-4,8,11H2,1-2H3;1-3,6,8-9,23H,4-5,7,10H2;2-3,6,8-9,21H,4-5,7,10H2,1H3;1-2,5,7-8,20H,3-4,6,9-10H2;2-5,9-10,20H,6-8,11H2,1H3;1-5,9-10,19H,6-8,11H2. The van der Waals surface area contributed by atoms with E-state index in [9.17, 15) is 46.3 Å². The summed E-state index contributed by atoms with van der Waals surface area (Å²) in [6, 6.07) is 42.4. The van der Waals surface area contributed by atoms with Gasteiger partial charge in [-0.15, -0.1) is 13.2 Å². The summed E-state index contributed by atoms with van der Waals surface area (Å²) in [4.78, 5) is 119. The average Bonchev–Trinajstić information content (AvgIpc) is 1.58. The number of carbonyl (C=O) groups is 6. The lowest BCUT2D eigenvalue weighted by Gasteiger charge is -2.17. The number of Topliss-reactive ketones (excluding diaryl/α,β-unsaturated/α-hetero) is 6. The van der Waals surface area contributed by atoms with Crippen LogP contribution in [-0.2, 0) is 71.0 Å². The van der Waals surface area contributed by atoms with E-state index < -0.39 is 57.6 Å². The Morgan fingerprint density at radius 2 is 0.657 bits per heavy atom. The fourth-order valence-corrected chi connectivity index (χ4v) is 16.6. The highest BCUT2D eigenvalue weighted by atomic mass is 19.4. The number of methoxy groups -OCH3 is 1. The minimum Gasteiger partial charge on any atom is -0.497 e. The minimum atomic E-state index is -4.73. The molecule has 6 fully saturated rings. The van der Waals surface area contributed by atoms with E-state index >= 15 is 0 Å². The molecule has 7 aliphatic rings. The SMILES string of the molecule is COc1cc(C)cc(C2(Cc3ncc(C(=O)CO)cn3)CC2)c1.Cc1ccc(F)c(C2(Cc3ncc(C(=O)CO)cn3)CC2)c1.Cc1ccccc1C1(Cc2ncc(C(=O)CO)cn2)CC1.O=C(CO)c1cnc(CC2(c3ccc4c(c3)OCO4)CC2)nc1.O=C(CO)c1cnc(CC2(c3cccc(OC(F)(F)F)c3)CC2)nc1.O=C(CO)c1cnc(CC2(c3ccccc3)CC2)nc1. The van der Waals surface area contributed by atoms with Crippen LogP contribution in [0.5, 0.6) is 23.0 Å². The lowest BCUT2D eigenvalue weighted by Crippen LogP contribution is -2.18. The fraction of sp³-hybridized carbons (Fsp3) is 0.353. The molecule has 0 spiro atoms. The molecule has 134 heavy (non-hydrogen) atoms. The molecule has 6 aromatic heterocycles. The summed E-state index contributed by atoms with van der Waals surface area (Å²) in [6.07, 6.45) is 29.2. The van der Waals surface area contributed by atoms with Crippen LogP contribution < -0.4 is 18.9 Å². The second-order valence-electron chi connectivity index (χ2n) is 35.1. The minimum absolute atomic E-state index is 0.0451. The molecule has 6 N–H and O–H groups in total. The second-order valence-corrected chi connectivity index (χ2v) is 35.1. The first-order valence-corrected chi connectivity index (χ1v) is 44.0. The van der Waals surface area contributed by atoms with Crippen molar-refractivity contribution in [2.45, 2.75) is 175 Å². The third-order valence-corrected chi connectivity index (χ3v) is 25.5. The van der Waals surface area contributed by atoms with Gasteiger partial charge in [-0.25, -0.2) is 64.2 Å². The van der Waals surface area contributed by atoms with E-state index in [1.807, 2.05) is 37.3 Å². The van der Waals surface area contributed by atoms with Gasteiger partial charge in [-0.3, -0.25) is 28.8 Å². The Morgan fingerprint density at radius 3 is 1.02 bits per heavy atom. The second kappa shape index (κ2) is 42.2. The largest absolute Gasteiger partial charge is 0.573 e. The lowest BCUT2D eigenvalue weighted by molar-refractivity contribution is -0.274. The number of alkyl halides is 3. The van der Waals surface area contributed by atoms with E-state index in [-0.39, 0.29) is 85.1 Å². The molecule has 32 heteroatoms. The molecule has 694 valence electrons. The number of rotatable bonds is 32. The number of fused-ring (bicyclic) bond motifs is 1. The number of aliphatic hydroxyl groups is 6. The third kappa shape index (κ3) is 24.5. The molecule has 0 unspecified atom stereocenters. The van der Waals surface area contributed by atoms with E-state index in [2.05, 4.69) is 145 Å². The zero-order valence-corrected chi connectivity index (χ0v) is 74.5. The van der Waals surface area contributed by atoms with Crippen LogP contribution in [0.2, 0.25) is 0 Å². The van der Waals surface area contributed by atoms with Gasteiger partial charge < -0.3 is 49.6 Å². The number of aryl methyl sites for hydroxylation is 3. The van der Waals surface area contributed by atoms with Crippen molar-refractivity contribution in [2.75, 3.05) is 53.5 Å². The van der Waals surface area contributed by atoms with E-state index in [1.54, 1.807) is 19.2 Å². The number of halogens is 4. The Kier molecular flexibility index (Phi) is 30.4. The van der Waals surface area contributed by atoms with Crippen LogP contribution in [0.1, 0.15) is 224 Å². The van der Waals surface area contributed by atoms with E-state index in [4.69, 9.17) is 44.8 Å². The van der Waals surface area contributed by atoms with Crippen molar-refractivity contribution >= 4 is 34.7 Å². The molecule has 12 aromatic rings. The highest BCUT2D eigenvalue weighted by Gasteiger charge is 2.51. The molecule has 0 amide bonds. The number of hydrogen-bond donors (Lipinski definition) is 6. The molecule has 0 atom stereocenters. The first kappa shape index (κ1) is 96.6. The van der Waals surface area contributed by atoms with Gasteiger partial charge in [0.05, 0.1) is 40.5 Å². The number of ketones is 6. The van der Waals surface area contributed by atoms with Gasteiger partial charge in [-0.2, -0.15) is 0 Å². The molecule has 0 bridgehead atoms. The highest BCUT2D eigenvalue weighted by Crippen LogP contribution is 2.56. The van der Waals surface area contributed by atoms with Crippen LogP contribution >= 0.6 is 0 Å². The lowest BCUT2D eigenvalue weighted by atomic mass is 9.89. The summed E-state index contributed by atoms with van der Waals surface area (Å²) in [7, 11) is 1.68. The first-order valence-electron chi connectivity index (χ1n) is 44.0. The predicted molar refractivity (Wildman–Crippen MR) is 481 cm³/mol. The number of benzene rings is 6. The summed E-state index contributed by atoms with van der Waals surface area (Å²) in [6.45, 7) is 3.21. The molecule has 7 heterocycles. The normalized spacial score (nSPS) is 15.9. The van der Waals surface area contributed by atoms with E-state index in [0.717, 1.165) is 154 Å². The van der Waals surface area contributed by atoms with Crippen molar-refractivity contribution in [3.63, 3.8) is 0 Å². The number of nitrogens with zero attached hydrogens (tertiary/aromatic N) is 12. The number of ether oxygens (including phenoxy) is 4. The third-order valence-electron chi connectivity index (χ3n) is 25.5. The van der Waals surface area contributed by atoms with Crippen LogP contribution in [0.4, 0.5) is 17.6 Å². The first-order chi connectivity index (χ1) is 64.5. The monoisotopic (exact) mass is 1830 g/mol. The van der Waals surface area contributed by atoms with Gasteiger partial charge in [0.15, 0.2) is 46.2 Å². The Labute approximate surface area is 770 Å². The van der Waals surface area contributed by atoms with E-state index in [0.29, 0.717) is 52.6 Å². The van der Waals surface area contributed by atoms with Gasteiger partial charge in [0.1, 0.15) is 91.9 Å².